The molecule has 1 aliphatic rings. The number of aliphatic carboxylic acids is 1. The minimum atomic E-state index is -1.21. The lowest BCUT2D eigenvalue weighted by atomic mass is 10.1. The maximum atomic E-state index is 11.9. The molecule has 0 radical (unpaired) electrons. The van der Waals surface area contributed by atoms with Crippen LogP contribution in [0.1, 0.15) is 5.56 Å². The highest BCUT2D eigenvalue weighted by Gasteiger charge is 2.32. The molecular formula is C13H13ClN2O4. The maximum Gasteiger partial charge on any atom is 0.323 e. The molecule has 1 saturated heterocycles. The average Bonchev–Trinajstić information content (AvgIpc) is 2.36. The molecule has 0 aromatic heterocycles. The minimum Gasteiger partial charge on any atom is -0.480 e. The Morgan fingerprint density at radius 1 is 1.30 bits per heavy atom. The first-order chi connectivity index (χ1) is 9.38. The normalized spacial score (nSPS) is 15.7. The van der Waals surface area contributed by atoms with E-state index < -0.39 is 24.3 Å². The predicted octanol–water partition coefficient (Wildman–Crippen LogP) is 0.908. The number of amides is 2. The molecule has 6 nitrogen and oxygen atoms in total. The molecule has 0 spiro atoms. The molecule has 7 heteroatoms. The second-order valence-corrected chi connectivity index (χ2v) is 4.99. The van der Waals surface area contributed by atoms with Crippen LogP contribution in [0.5, 0.6) is 0 Å². The third kappa shape index (κ3) is 2.91. The fraction of sp³-hybridized carbons (Fsp3) is 0.308. The molecule has 0 aliphatic carbocycles. The SMILES string of the molecule is Cc1ccc(Cl)cc1N1CC(=O)N(CC(=O)O)C(=O)C1. The summed E-state index contributed by atoms with van der Waals surface area (Å²) in [4.78, 5) is 36.8. The van der Waals surface area contributed by atoms with E-state index in [4.69, 9.17) is 16.7 Å². The molecule has 1 aliphatic heterocycles. The number of benzene rings is 1. The summed E-state index contributed by atoms with van der Waals surface area (Å²) < 4.78 is 0. The molecule has 1 aromatic rings. The average molecular weight is 297 g/mol. The van der Waals surface area contributed by atoms with Gasteiger partial charge in [-0.25, -0.2) is 0 Å². The van der Waals surface area contributed by atoms with Crippen molar-refractivity contribution in [1.82, 2.24) is 4.90 Å². The second-order valence-electron chi connectivity index (χ2n) is 4.55. The first-order valence-corrected chi connectivity index (χ1v) is 6.32. The van der Waals surface area contributed by atoms with Gasteiger partial charge in [0.1, 0.15) is 6.54 Å². The van der Waals surface area contributed by atoms with Crippen LogP contribution >= 0.6 is 11.6 Å². The predicted molar refractivity (Wildman–Crippen MR) is 72.8 cm³/mol. The van der Waals surface area contributed by atoms with Crippen LogP contribution in [-0.2, 0) is 14.4 Å². The molecule has 2 amide bonds. The summed E-state index contributed by atoms with van der Waals surface area (Å²) in [5, 5.41) is 9.20. The Labute approximate surface area is 120 Å². The number of anilines is 1. The van der Waals surface area contributed by atoms with Gasteiger partial charge in [0.05, 0.1) is 13.1 Å². The fourth-order valence-corrected chi connectivity index (χ4v) is 2.26. The van der Waals surface area contributed by atoms with Gasteiger partial charge in [0.15, 0.2) is 0 Å². The Morgan fingerprint density at radius 2 is 1.90 bits per heavy atom. The number of rotatable bonds is 3. The van der Waals surface area contributed by atoms with Gasteiger partial charge in [-0.15, -0.1) is 0 Å². The van der Waals surface area contributed by atoms with E-state index in [9.17, 15) is 14.4 Å². The minimum absolute atomic E-state index is 0.0415. The third-order valence-electron chi connectivity index (χ3n) is 3.06. The lowest BCUT2D eigenvalue weighted by molar-refractivity contribution is -0.153. The Kier molecular flexibility index (Phi) is 3.94. The topological polar surface area (TPSA) is 77.9 Å². The summed E-state index contributed by atoms with van der Waals surface area (Å²) in [6, 6.07) is 5.21. The van der Waals surface area contributed by atoms with E-state index in [1.54, 1.807) is 23.1 Å². The molecule has 1 aromatic carbocycles. The van der Waals surface area contributed by atoms with Crippen LogP contribution in [0.4, 0.5) is 5.69 Å². The van der Waals surface area contributed by atoms with E-state index in [0.29, 0.717) is 10.7 Å². The van der Waals surface area contributed by atoms with Crippen molar-refractivity contribution < 1.29 is 19.5 Å². The van der Waals surface area contributed by atoms with Gasteiger partial charge in [0, 0.05) is 10.7 Å². The third-order valence-corrected chi connectivity index (χ3v) is 3.29. The van der Waals surface area contributed by atoms with Gasteiger partial charge in [-0.1, -0.05) is 17.7 Å². The number of carboxylic acids is 1. The Balaban J connectivity index is 2.22. The first-order valence-electron chi connectivity index (χ1n) is 5.94. The van der Waals surface area contributed by atoms with Crippen molar-refractivity contribution >= 4 is 35.1 Å². The van der Waals surface area contributed by atoms with E-state index in [-0.39, 0.29) is 13.1 Å². The highest BCUT2D eigenvalue weighted by atomic mass is 35.5. The Morgan fingerprint density at radius 3 is 2.45 bits per heavy atom. The first kappa shape index (κ1) is 14.3. The number of nitrogens with zero attached hydrogens (tertiary/aromatic N) is 2. The summed E-state index contributed by atoms with van der Waals surface area (Å²) in [6.45, 7) is 1.17. The molecule has 20 heavy (non-hydrogen) atoms. The number of imide groups is 1. The number of aryl methyl sites for hydroxylation is 1. The Bertz CT molecular complexity index is 570. The quantitative estimate of drug-likeness (QED) is 0.839. The summed E-state index contributed by atoms with van der Waals surface area (Å²) in [5.74, 6) is -2.26. The zero-order valence-electron chi connectivity index (χ0n) is 10.8. The molecule has 0 atom stereocenters. The van der Waals surface area contributed by atoms with Gasteiger partial charge in [-0.2, -0.15) is 0 Å². The molecule has 1 heterocycles. The monoisotopic (exact) mass is 296 g/mol. The number of carbonyl (C=O) groups excluding carboxylic acids is 2. The van der Waals surface area contributed by atoms with E-state index in [2.05, 4.69) is 0 Å². The fourth-order valence-electron chi connectivity index (χ4n) is 2.10. The molecular weight excluding hydrogens is 284 g/mol. The number of hydrogen-bond acceptors (Lipinski definition) is 4. The summed E-state index contributed by atoms with van der Waals surface area (Å²) in [5.41, 5.74) is 1.59. The van der Waals surface area contributed by atoms with Gasteiger partial charge in [0.25, 0.3) is 0 Å². The highest BCUT2D eigenvalue weighted by Crippen LogP contribution is 2.25. The zero-order valence-corrected chi connectivity index (χ0v) is 11.6. The highest BCUT2D eigenvalue weighted by molar-refractivity contribution is 6.30. The molecule has 1 N–H and O–H groups in total. The molecule has 106 valence electrons. The van der Waals surface area contributed by atoms with Gasteiger partial charge < -0.3 is 10.0 Å². The van der Waals surface area contributed by atoms with Crippen molar-refractivity contribution in [3.63, 3.8) is 0 Å². The lowest BCUT2D eigenvalue weighted by Gasteiger charge is -2.34. The van der Waals surface area contributed by atoms with Crippen molar-refractivity contribution in [2.24, 2.45) is 0 Å². The van der Waals surface area contributed by atoms with Crippen LogP contribution in [0.25, 0.3) is 0 Å². The van der Waals surface area contributed by atoms with E-state index in [0.717, 1.165) is 10.5 Å². The molecule has 0 unspecified atom stereocenters. The summed E-state index contributed by atoms with van der Waals surface area (Å²) >= 11 is 5.92. The van der Waals surface area contributed by atoms with E-state index in [1.165, 1.54) is 0 Å². The number of halogens is 1. The van der Waals surface area contributed by atoms with Crippen molar-refractivity contribution in [3.05, 3.63) is 28.8 Å². The smallest absolute Gasteiger partial charge is 0.323 e. The van der Waals surface area contributed by atoms with Crippen molar-refractivity contribution in [2.45, 2.75) is 6.92 Å². The number of carbonyl (C=O) groups is 3. The van der Waals surface area contributed by atoms with Crippen LogP contribution in [0.2, 0.25) is 5.02 Å². The van der Waals surface area contributed by atoms with E-state index >= 15 is 0 Å². The number of piperazine rings is 1. The molecule has 0 bridgehead atoms. The Hall–Kier alpha value is -2.08. The maximum absolute atomic E-state index is 11.9. The number of hydrogen-bond donors (Lipinski definition) is 1. The number of carboxylic acid groups (broad SMARTS) is 1. The van der Waals surface area contributed by atoms with Crippen molar-refractivity contribution in [1.29, 1.82) is 0 Å². The van der Waals surface area contributed by atoms with Gasteiger partial charge in [0.2, 0.25) is 11.8 Å². The van der Waals surface area contributed by atoms with Gasteiger partial charge in [-0.05, 0) is 24.6 Å². The van der Waals surface area contributed by atoms with Crippen LogP contribution in [-0.4, -0.2) is 47.4 Å². The zero-order chi connectivity index (χ0) is 14.9. The summed E-state index contributed by atoms with van der Waals surface area (Å²) in [6.07, 6.45) is 0. The van der Waals surface area contributed by atoms with Crippen LogP contribution in [0.3, 0.4) is 0 Å². The lowest BCUT2D eigenvalue weighted by Crippen LogP contribution is -2.55. The summed E-state index contributed by atoms with van der Waals surface area (Å²) in [7, 11) is 0. The van der Waals surface area contributed by atoms with Crippen LogP contribution in [0, 0.1) is 6.92 Å². The van der Waals surface area contributed by atoms with Gasteiger partial charge >= 0.3 is 5.97 Å². The second kappa shape index (κ2) is 5.50. The largest absolute Gasteiger partial charge is 0.480 e. The molecule has 1 fully saturated rings. The standard InChI is InChI=1S/C13H13ClN2O4/c1-8-2-3-9(14)4-10(8)15-5-11(17)16(7-13(19)20)12(18)6-15/h2-4H,5-7H2,1H3,(H,19,20). The van der Waals surface area contributed by atoms with Crippen molar-refractivity contribution in [2.75, 3.05) is 24.5 Å². The molecule has 0 saturated carbocycles. The van der Waals surface area contributed by atoms with Crippen molar-refractivity contribution in [3.8, 4) is 0 Å². The van der Waals surface area contributed by atoms with E-state index in [1.807, 2.05) is 6.92 Å². The van der Waals surface area contributed by atoms with Crippen LogP contribution < -0.4 is 4.90 Å². The molecule has 2 rings (SSSR count). The van der Waals surface area contributed by atoms with Gasteiger partial charge in [-0.3, -0.25) is 19.3 Å². The van der Waals surface area contributed by atoms with Crippen LogP contribution in [0.15, 0.2) is 18.2 Å².